The maximum atomic E-state index is 13.1. The Bertz CT molecular complexity index is 1440. The largest absolute Gasteiger partial charge is 0.472 e. The third kappa shape index (κ3) is 11.7. The Kier molecular flexibility index (Phi) is 17.1. The Morgan fingerprint density at radius 2 is 1.56 bits per heavy atom. The number of hydrogen-bond donors (Lipinski definition) is 4. The third-order valence-corrected chi connectivity index (χ3v) is 12.8. The molecule has 2 aromatic rings. The summed E-state index contributed by atoms with van der Waals surface area (Å²) in [6, 6.07) is 3.38. The predicted molar refractivity (Wildman–Crippen MR) is 208 cm³/mol. The van der Waals surface area contributed by atoms with Crippen LogP contribution in [0.3, 0.4) is 0 Å². The van der Waals surface area contributed by atoms with E-state index >= 15 is 0 Å². The highest BCUT2D eigenvalue weighted by Crippen LogP contribution is 2.63. The van der Waals surface area contributed by atoms with Gasteiger partial charge in [0.05, 0.1) is 18.9 Å². The number of aliphatic hydroxyl groups excluding tert-OH is 1. The van der Waals surface area contributed by atoms with Gasteiger partial charge in [-0.1, -0.05) is 122 Å². The van der Waals surface area contributed by atoms with Crippen molar-refractivity contribution in [2.24, 2.45) is 5.92 Å². The van der Waals surface area contributed by atoms with E-state index in [4.69, 9.17) is 29.0 Å². The SMILES string of the molecule is CCCCCCCCCCCCCCCCCCOC[C@H](COP(=O)(O)OC1[C@H]2O[C@@](C)(c3ccc4c(N)ncnn34)[C@H](O)[C@@]12O)OCC1CCCCC1. The van der Waals surface area contributed by atoms with Gasteiger partial charge in [0, 0.05) is 13.2 Å². The molecule has 0 spiro atoms. The normalized spacial score (nSPS) is 27.3. The van der Waals surface area contributed by atoms with Crippen LogP contribution in [0, 0.1) is 5.92 Å². The number of fused-ring (bicyclic) bond motifs is 2. The van der Waals surface area contributed by atoms with Gasteiger partial charge in [0.25, 0.3) is 0 Å². The van der Waals surface area contributed by atoms with Crippen molar-refractivity contribution >= 4 is 19.2 Å². The molecule has 14 heteroatoms. The second kappa shape index (κ2) is 21.2. The van der Waals surface area contributed by atoms with Gasteiger partial charge in [0.1, 0.15) is 41.9 Å². The molecule has 13 nitrogen and oxygen atoms in total. The van der Waals surface area contributed by atoms with Gasteiger partial charge in [-0.2, -0.15) is 5.10 Å². The highest BCUT2D eigenvalue weighted by Gasteiger charge is 2.82. The quantitative estimate of drug-likeness (QED) is 0.0487. The van der Waals surface area contributed by atoms with Crippen molar-refractivity contribution in [2.45, 2.75) is 184 Å². The van der Waals surface area contributed by atoms with E-state index in [0.717, 1.165) is 25.7 Å². The molecule has 54 heavy (non-hydrogen) atoms. The van der Waals surface area contributed by atoms with Crippen molar-refractivity contribution in [3.05, 3.63) is 24.2 Å². The minimum Gasteiger partial charge on any atom is -0.386 e. The average molecular weight is 781 g/mol. The number of unbranched alkanes of at least 4 members (excludes halogenated alkanes) is 15. The van der Waals surface area contributed by atoms with E-state index in [-0.39, 0.29) is 19.0 Å². The molecule has 1 saturated heterocycles. The van der Waals surface area contributed by atoms with E-state index < -0.39 is 43.4 Å². The zero-order valence-electron chi connectivity index (χ0n) is 33.0. The summed E-state index contributed by atoms with van der Waals surface area (Å²) in [7, 11) is -4.67. The molecule has 2 saturated carbocycles. The molecule has 2 aromatic heterocycles. The molecule has 5 rings (SSSR count). The number of nitrogens with two attached hydrogens (primary N) is 1. The number of nitrogen functional groups attached to an aromatic ring is 1. The maximum absolute atomic E-state index is 13.1. The number of hydrogen-bond acceptors (Lipinski definition) is 11. The monoisotopic (exact) mass is 780 g/mol. The van der Waals surface area contributed by atoms with E-state index in [0.29, 0.717) is 30.3 Å². The summed E-state index contributed by atoms with van der Waals surface area (Å²) in [5.74, 6) is 0.704. The summed E-state index contributed by atoms with van der Waals surface area (Å²) < 4.78 is 43.7. The molecule has 3 aliphatic rings. The summed E-state index contributed by atoms with van der Waals surface area (Å²) in [5, 5.41) is 26.8. The van der Waals surface area contributed by atoms with Crippen LogP contribution in [0.1, 0.15) is 154 Å². The minimum absolute atomic E-state index is 0.215. The van der Waals surface area contributed by atoms with Crippen LogP contribution in [0.4, 0.5) is 5.82 Å². The van der Waals surface area contributed by atoms with E-state index in [9.17, 15) is 19.7 Å². The molecule has 0 radical (unpaired) electrons. The van der Waals surface area contributed by atoms with Crippen LogP contribution >= 0.6 is 7.82 Å². The second-order valence-electron chi connectivity index (χ2n) is 16.2. The number of aromatic nitrogens is 3. The summed E-state index contributed by atoms with van der Waals surface area (Å²) >= 11 is 0. The Hall–Kier alpha value is -1.67. The van der Waals surface area contributed by atoms with Gasteiger partial charge < -0.3 is 35.1 Å². The lowest BCUT2D eigenvalue weighted by Gasteiger charge is -2.32. The van der Waals surface area contributed by atoms with Crippen LogP contribution < -0.4 is 5.73 Å². The van der Waals surface area contributed by atoms with Crippen LogP contribution in [0.15, 0.2) is 18.5 Å². The summed E-state index contributed by atoms with van der Waals surface area (Å²) in [5.41, 5.74) is 3.61. The summed E-state index contributed by atoms with van der Waals surface area (Å²) in [6.07, 6.45) is 23.7. The number of aliphatic hydroxyl groups is 2. The van der Waals surface area contributed by atoms with Gasteiger partial charge in [-0.25, -0.2) is 14.1 Å². The lowest BCUT2D eigenvalue weighted by molar-refractivity contribution is -0.127. The van der Waals surface area contributed by atoms with E-state index in [1.165, 1.54) is 120 Å². The molecule has 5 N–H and O–H groups in total. The van der Waals surface area contributed by atoms with Gasteiger partial charge in [-0.3, -0.25) is 9.05 Å². The molecule has 308 valence electrons. The molecule has 0 aromatic carbocycles. The number of phosphoric acid groups is 1. The lowest BCUT2D eigenvalue weighted by atomic mass is 9.90. The first-order chi connectivity index (χ1) is 26.1. The number of nitrogens with zero attached hydrogens (tertiary/aromatic N) is 3. The van der Waals surface area contributed by atoms with Gasteiger partial charge in [0.15, 0.2) is 11.4 Å². The van der Waals surface area contributed by atoms with Gasteiger partial charge in [-0.15, -0.1) is 0 Å². The van der Waals surface area contributed by atoms with Crippen molar-refractivity contribution < 1.29 is 42.9 Å². The van der Waals surface area contributed by atoms with E-state index in [2.05, 4.69) is 17.0 Å². The second-order valence-corrected chi connectivity index (χ2v) is 17.6. The third-order valence-electron chi connectivity index (χ3n) is 11.8. The number of ether oxygens (including phenoxy) is 3. The number of rotatable bonds is 28. The van der Waals surface area contributed by atoms with Gasteiger partial charge in [0.2, 0.25) is 0 Å². The zero-order chi connectivity index (χ0) is 38.4. The van der Waals surface area contributed by atoms with Crippen molar-refractivity contribution in [3.63, 3.8) is 0 Å². The minimum atomic E-state index is -4.67. The smallest absolute Gasteiger partial charge is 0.386 e. The molecule has 0 amide bonds. The fourth-order valence-corrected chi connectivity index (χ4v) is 9.31. The maximum Gasteiger partial charge on any atom is 0.472 e. The first-order valence-electron chi connectivity index (χ1n) is 21.1. The van der Waals surface area contributed by atoms with Crippen molar-refractivity contribution in [2.75, 3.05) is 32.2 Å². The van der Waals surface area contributed by atoms with E-state index in [1.54, 1.807) is 19.1 Å². The van der Waals surface area contributed by atoms with E-state index in [1.807, 2.05) is 0 Å². The number of phosphoric ester groups is 1. The van der Waals surface area contributed by atoms with Gasteiger partial charge >= 0.3 is 7.82 Å². The Morgan fingerprint density at radius 3 is 2.15 bits per heavy atom. The predicted octanol–water partition coefficient (Wildman–Crippen LogP) is 7.78. The Morgan fingerprint density at radius 1 is 0.944 bits per heavy atom. The lowest BCUT2D eigenvalue weighted by Crippen LogP contribution is -2.46. The molecule has 7 atom stereocenters. The highest BCUT2D eigenvalue weighted by molar-refractivity contribution is 7.47. The standard InChI is InChI=1S/C40H69N4O9P/c1-3-4-5-6-7-8-9-10-11-12-13-14-15-16-17-21-26-49-28-32(50-27-31-22-19-18-20-23-31)29-51-54(47,48)53-36-35-40(36,46)38(45)39(2,52-35)34-25-24-33-37(41)42-30-43-44(33)34/h24-25,30-32,35-36,38,45-46H,3-23,26-29H2,1-2H3,(H,47,48)(H2,41,42,43)/t32-,35-,36?,38+,39+,40+/m1/s1. The Labute approximate surface area is 322 Å². The average Bonchev–Trinajstić information content (AvgIpc) is 3.41. The van der Waals surface area contributed by atoms with Crippen LogP contribution in [0.5, 0.6) is 0 Å². The molecule has 1 aliphatic heterocycles. The molecular weight excluding hydrogens is 711 g/mol. The first kappa shape index (κ1) is 43.5. The highest BCUT2D eigenvalue weighted by atomic mass is 31.2. The zero-order valence-corrected chi connectivity index (χ0v) is 33.8. The van der Waals surface area contributed by atoms with Crippen LogP contribution in [0.25, 0.3) is 5.52 Å². The topological polar surface area (TPSA) is 180 Å². The molecule has 0 bridgehead atoms. The van der Waals surface area contributed by atoms with Crippen LogP contribution in [-0.2, 0) is 33.4 Å². The first-order valence-corrected chi connectivity index (χ1v) is 22.6. The van der Waals surface area contributed by atoms with Crippen molar-refractivity contribution in [1.82, 2.24) is 14.6 Å². The fourth-order valence-electron chi connectivity index (χ4n) is 8.33. The summed E-state index contributed by atoms with van der Waals surface area (Å²) in [6.45, 7) is 5.04. The number of anilines is 1. The molecule has 3 heterocycles. The fraction of sp³-hybridized carbons (Fsp3) is 0.850. The molecule has 2 unspecified atom stereocenters. The summed E-state index contributed by atoms with van der Waals surface area (Å²) in [4.78, 5) is 14.7. The Balaban J connectivity index is 0.980. The van der Waals surface area contributed by atoms with Crippen LogP contribution in [-0.4, -0.2) is 86.1 Å². The molecular formula is C40H69N4O9P. The van der Waals surface area contributed by atoms with Gasteiger partial charge in [-0.05, 0) is 44.2 Å². The molecule has 2 aliphatic carbocycles. The molecule has 3 fully saturated rings. The van der Waals surface area contributed by atoms with Crippen LogP contribution in [0.2, 0.25) is 0 Å². The van der Waals surface area contributed by atoms with Crippen molar-refractivity contribution in [1.29, 1.82) is 0 Å². The van der Waals surface area contributed by atoms with Crippen molar-refractivity contribution in [3.8, 4) is 0 Å².